The summed E-state index contributed by atoms with van der Waals surface area (Å²) in [6.45, 7) is 6.27. The number of aromatic nitrogens is 1. The van der Waals surface area contributed by atoms with Crippen LogP contribution in [0.3, 0.4) is 0 Å². The molecule has 110 valence electrons. The van der Waals surface area contributed by atoms with E-state index in [-0.39, 0.29) is 5.78 Å². The average molecular weight is 282 g/mol. The second-order valence-corrected chi connectivity index (χ2v) is 5.25. The van der Waals surface area contributed by atoms with E-state index in [4.69, 9.17) is 0 Å². The van der Waals surface area contributed by atoms with Crippen molar-refractivity contribution in [2.75, 3.05) is 5.32 Å². The van der Waals surface area contributed by atoms with Crippen LogP contribution in [0.5, 0.6) is 0 Å². The van der Waals surface area contributed by atoms with Crippen LogP contribution in [-0.2, 0) is 0 Å². The highest BCUT2D eigenvalue weighted by Gasteiger charge is 2.16. The van der Waals surface area contributed by atoms with Crippen LogP contribution in [0.15, 0.2) is 42.6 Å². The molecule has 1 aromatic heterocycles. The van der Waals surface area contributed by atoms with Crippen LogP contribution in [-0.4, -0.2) is 16.8 Å². The molecule has 3 nitrogen and oxygen atoms in total. The van der Waals surface area contributed by atoms with E-state index < -0.39 is 0 Å². The fraction of sp³-hybridized carbons (Fsp3) is 0.333. The van der Waals surface area contributed by atoms with Crippen molar-refractivity contribution in [3.05, 3.63) is 59.3 Å². The first-order valence-electron chi connectivity index (χ1n) is 7.48. The van der Waals surface area contributed by atoms with Crippen LogP contribution < -0.4 is 5.32 Å². The van der Waals surface area contributed by atoms with E-state index in [1.807, 2.05) is 37.3 Å². The largest absolute Gasteiger partial charge is 0.367 e. The molecule has 1 N–H and O–H groups in total. The Morgan fingerprint density at radius 3 is 2.43 bits per heavy atom. The zero-order valence-corrected chi connectivity index (χ0v) is 12.9. The highest BCUT2D eigenvalue weighted by Crippen LogP contribution is 2.19. The fourth-order valence-electron chi connectivity index (χ4n) is 2.25. The number of carbonyl (C=O) groups is 1. The number of carbonyl (C=O) groups excluding carboxylic acids is 1. The second-order valence-electron chi connectivity index (χ2n) is 5.25. The minimum absolute atomic E-state index is 0.0107. The van der Waals surface area contributed by atoms with E-state index in [0.29, 0.717) is 23.0 Å². The Bertz CT molecular complexity index is 601. The maximum Gasteiger partial charge on any atom is 0.196 e. The van der Waals surface area contributed by atoms with Crippen LogP contribution in [0.2, 0.25) is 0 Å². The van der Waals surface area contributed by atoms with Gasteiger partial charge < -0.3 is 5.32 Å². The first kappa shape index (κ1) is 15.2. The van der Waals surface area contributed by atoms with Crippen LogP contribution in [0.4, 0.5) is 5.82 Å². The van der Waals surface area contributed by atoms with Crippen molar-refractivity contribution < 1.29 is 4.79 Å². The number of hydrogen-bond donors (Lipinski definition) is 1. The summed E-state index contributed by atoms with van der Waals surface area (Å²) in [5.74, 6) is 0.688. The predicted molar refractivity (Wildman–Crippen MR) is 86.8 cm³/mol. The Hall–Kier alpha value is -2.16. The minimum atomic E-state index is 0.0107. The molecule has 0 fully saturated rings. The van der Waals surface area contributed by atoms with E-state index in [9.17, 15) is 4.79 Å². The molecule has 0 saturated carbocycles. The van der Waals surface area contributed by atoms with E-state index in [1.54, 1.807) is 12.3 Å². The molecule has 0 spiro atoms. The number of hydrogen-bond acceptors (Lipinski definition) is 3. The third kappa shape index (κ3) is 3.69. The van der Waals surface area contributed by atoms with Crippen LogP contribution in [0.1, 0.15) is 48.2 Å². The van der Waals surface area contributed by atoms with Crippen molar-refractivity contribution in [3.8, 4) is 0 Å². The predicted octanol–water partition coefficient (Wildman–Crippen LogP) is 4.22. The van der Waals surface area contributed by atoms with Crippen LogP contribution in [0.25, 0.3) is 0 Å². The molecule has 2 rings (SSSR count). The number of aryl methyl sites for hydroxylation is 1. The number of rotatable bonds is 6. The van der Waals surface area contributed by atoms with E-state index in [0.717, 1.165) is 18.4 Å². The van der Waals surface area contributed by atoms with Gasteiger partial charge in [0.15, 0.2) is 5.78 Å². The summed E-state index contributed by atoms with van der Waals surface area (Å²) in [6.07, 6.45) is 3.73. The maximum absolute atomic E-state index is 12.7. The van der Waals surface area contributed by atoms with Gasteiger partial charge in [0.25, 0.3) is 0 Å². The first-order chi connectivity index (χ1) is 10.2. The van der Waals surface area contributed by atoms with E-state index >= 15 is 0 Å². The van der Waals surface area contributed by atoms with E-state index in [1.165, 1.54) is 0 Å². The molecule has 1 aromatic carbocycles. The van der Waals surface area contributed by atoms with Gasteiger partial charge >= 0.3 is 0 Å². The summed E-state index contributed by atoms with van der Waals surface area (Å²) >= 11 is 0. The van der Waals surface area contributed by atoms with Gasteiger partial charge in [-0.2, -0.15) is 0 Å². The molecule has 0 unspecified atom stereocenters. The number of nitrogens with zero attached hydrogens (tertiary/aromatic N) is 1. The molecule has 21 heavy (non-hydrogen) atoms. The summed E-state index contributed by atoms with van der Waals surface area (Å²) in [4.78, 5) is 17.0. The fourth-order valence-corrected chi connectivity index (χ4v) is 2.25. The number of ketones is 1. The summed E-state index contributed by atoms with van der Waals surface area (Å²) in [6, 6.07) is 11.6. The maximum atomic E-state index is 12.7. The number of nitrogens with one attached hydrogen (secondary N) is 1. The van der Waals surface area contributed by atoms with Gasteiger partial charge in [-0.25, -0.2) is 4.98 Å². The van der Waals surface area contributed by atoms with Gasteiger partial charge in [-0.1, -0.05) is 43.7 Å². The Morgan fingerprint density at radius 1 is 1.14 bits per heavy atom. The lowest BCUT2D eigenvalue weighted by atomic mass is 10.0. The Kier molecular flexibility index (Phi) is 5.09. The number of anilines is 1. The highest BCUT2D eigenvalue weighted by atomic mass is 16.1. The SMILES string of the molecule is CCC(CC)Nc1ncccc1C(=O)c1ccc(C)cc1. The van der Waals surface area contributed by atoms with Crippen molar-refractivity contribution in [1.29, 1.82) is 0 Å². The van der Waals surface area contributed by atoms with Gasteiger partial charge in [0.2, 0.25) is 0 Å². The molecule has 0 aliphatic heterocycles. The topological polar surface area (TPSA) is 42.0 Å². The molecule has 0 bridgehead atoms. The molecule has 0 amide bonds. The molecule has 0 aliphatic rings. The Morgan fingerprint density at radius 2 is 1.81 bits per heavy atom. The monoisotopic (exact) mass is 282 g/mol. The van der Waals surface area contributed by atoms with Crippen molar-refractivity contribution in [1.82, 2.24) is 4.98 Å². The number of pyridine rings is 1. The zero-order chi connectivity index (χ0) is 15.2. The third-order valence-corrected chi connectivity index (χ3v) is 3.69. The number of benzene rings is 1. The van der Waals surface area contributed by atoms with Crippen LogP contribution >= 0.6 is 0 Å². The molecular weight excluding hydrogens is 260 g/mol. The van der Waals surface area contributed by atoms with Gasteiger partial charge in [-0.15, -0.1) is 0 Å². The quantitative estimate of drug-likeness (QED) is 0.806. The lowest BCUT2D eigenvalue weighted by Crippen LogP contribution is -2.20. The molecule has 1 heterocycles. The first-order valence-corrected chi connectivity index (χ1v) is 7.48. The van der Waals surface area contributed by atoms with Crippen molar-refractivity contribution in [3.63, 3.8) is 0 Å². The minimum Gasteiger partial charge on any atom is -0.367 e. The summed E-state index contributed by atoms with van der Waals surface area (Å²) in [5.41, 5.74) is 2.47. The van der Waals surface area contributed by atoms with Gasteiger partial charge in [0.1, 0.15) is 5.82 Å². The van der Waals surface area contributed by atoms with Crippen LogP contribution in [0, 0.1) is 6.92 Å². The zero-order valence-electron chi connectivity index (χ0n) is 12.9. The second kappa shape index (κ2) is 7.02. The van der Waals surface area contributed by atoms with E-state index in [2.05, 4.69) is 24.1 Å². The van der Waals surface area contributed by atoms with Crippen molar-refractivity contribution in [2.24, 2.45) is 0 Å². The van der Waals surface area contributed by atoms with Gasteiger partial charge in [-0.3, -0.25) is 4.79 Å². The van der Waals surface area contributed by atoms with Crippen molar-refractivity contribution in [2.45, 2.75) is 39.7 Å². The standard InChI is InChI=1S/C18H22N2O/c1-4-15(5-2)20-18-16(7-6-12-19-18)17(21)14-10-8-13(3)9-11-14/h6-12,15H,4-5H2,1-3H3,(H,19,20). The molecule has 0 saturated heterocycles. The molecule has 0 aliphatic carbocycles. The normalized spacial score (nSPS) is 10.7. The van der Waals surface area contributed by atoms with Gasteiger partial charge in [0, 0.05) is 17.8 Å². The molecular formula is C18H22N2O. The lowest BCUT2D eigenvalue weighted by Gasteiger charge is -2.17. The molecule has 0 radical (unpaired) electrons. The molecule has 2 aromatic rings. The summed E-state index contributed by atoms with van der Waals surface area (Å²) in [7, 11) is 0. The smallest absolute Gasteiger partial charge is 0.196 e. The summed E-state index contributed by atoms with van der Waals surface area (Å²) < 4.78 is 0. The highest BCUT2D eigenvalue weighted by molar-refractivity contribution is 6.11. The molecule has 3 heteroatoms. The average Bonchev–Trinajstić information content (AvgIpc) is 2.53. The van der Waals surface area contributed by atoms with Gasteiger partial charge in [0.05, 0.1) is 5.56 Å². The Balaban J connectivity index is 2.30. The lowest BCUT2D eigenvalue weighted by molar-refractivity contribution is 0.103. The third-order valence-electron chi connectivity index (χ3n) is 3.69. The van der Waals surface area contributed by atoms with Crippen molar-refractivity contribution >= 4 is 11.6 Å². The molecule has 0 atom stereocenters. The van der Waals surface area contributed by atoms with Gasteiger partial charge in [-0.05, 0) is 31.9 Å². The summed E-state index contributed by atoms with van der Waals surface area (Å²) in [5, 5.41) is 3.38. The Labute approximate surface area is 126 Å².